The molecule has 0 saturated carbocycles. The van der Waals surface area contributed by atoms with Gasteiger partial charge in [0.1, 0.15) is 5.25 Å². The molecule has 5 heteroatoms. The zero-order chi connectivity index (χ0) is 12.8. The van der Waals surface area contributed by atoms with Gasteiger partial charge in [0.2, 0.25) is 0 Å². The Morgan fingerprint density at radius 2 is 1.47 bits per heavy atom. The van der Waals surface area contributed by atoms with E-state index in [0.717, 1.165) is 6.26 Å². The lowest BCUT2D eigenvalue weighted by atomic mass is 9.82. The van der Waals surface area contributed by atoms with E-state index in [1.54, 1.807) is 18.2 Å². The molecular formula is C12H12O4S. The Hall–Kier alpha value is -1.49. The number of benzene rings is 1. The molecule has 0 spiro atoms. The van der Waals surface area contributed by atoms with Crippen LogP contribution in [0, 0.1) is 5.92 Å². The molecule has 4 nitrogen and oxygen atoms in total. The Balaban J connectivity index is 2.67. The van der Waals surface area contributed by atoms with Gasteiger partial charge in [-0.05, 0) is 0 Å². The van der Waals surface area contributed by atoms with Crippen molar-refractivity contribution in [2.24, 2.45) is 5.92 Å². The predicted molar refractivity (Wildman–Crippen MR) is 62.9 cm³/mol. The van der Waals surface area contributed by atoms with E-state index >= 15 is 0 Å². The summed E-state index contributed by atoms with van der Waals surface area (Å²) in [5, 5.41) is -1.25. The van der Waals surface area contributed by atoms with Crippen molar-refractivity contribution in [2.75, 3.05) is 6.26 Å². The first-order valence-corrected chi connectivity index (χ1v) is 7.16. The van der Waals surface area contributed by atoms with Gasteiger partial charge in [0, 0.05) is 23.3 Å². The van der Waals surface area contributed by atoms with Crippen molar-refractivity contribution in [1.82, 2.24) is 0 Å². The number of sulfone groups is 1. The summed E-state index contributed by atoms with van der Waals surface area (Å²) in [5.74, 6) is -1.57. The van der Waals surface area contributed by atoms with Crippen molar-refractivity contribution >= 4 is 21.4 Å². The molecule has 0 aromatic heterocycles. The van der Waals surface area contributed by atoms with Crippen molar-refractivity contribution < 1.29 is 18.0 Å². The second-order valence-corrected chi connectivity index (χ2v) is 6.48. The molecule has 1 aromatic carbocycles. The number of rotatable bonds is 1. The standard InChI is InChI=1S/C12H12O4S/c1-7-10(13)8-5-3-4-6-9(8)11(14)12(7)17(2,15)16/h3-7,12H,1-2H3. The minimum Gasteiger partial charge on any atom is -0.294 e. The first-order valence-electron chi connectivity index (χ1n) is 5.20. The molecule has 1 aliphatic rings. The van der Waals surface area contributed by atoms with Crippen LogP contribution < -0.4 is 0 Å². The summed E-state index contributed by atoms with van der Waals surface area (Å²) in [5.41, 5.74) is 0.538. The molecule has 1 aromatic rings. The lowest BCUT2D eigenvalue weighted by Gasteiger charge is -2.26. The van der Waals surface area contributed by atoms with Crippen molar-refractivity contribution in [3.8, 4) is 0 Å². The fourth-order valence-corrected chi connectivity index (χ4v) is 3.62. The van der Waals surface area contributed by atoms with Gasteiger partial charge in [-0.25, -0.2) is 8.42 Å². The normalized spacial score (nSPS) is 24.6. The van der Waals surface area contributed by atoms with Crippen LogP contribution in [-0.2, 0) is 9.84 Å². The van der Waals surface area contributed by atoms with Crippen LogP contribution >= 0.6 is 0 Å². The number of hydrogen-bond acceptors (Lipinski definition) is 4. The zero-order valence-electron chi connectivity index (χ0n) is 9.51. The molecule has 0 amide bonds. The maximum Gasteiger partial charge on any atom is 0.182 e. The molecule has 2 atom stereocenters. The van der Waals surface area contributed by atoms with Gasteiger partial charge in [-0.1, -0.05) is 31.2 Å². The van der Waals surface area contributed by atoms with Crippen molar-refractivity contribution in [2.45, 2.75) is 12.2 Å². The Morgan fingerprint density at radius 1 is 1.00 bits per heavy atom. The fraction of sp³-hybridized carbons (Fsp3) is 0.333. The van der Waals surface area contributed by atoms with Gasteiger partial charge >= 0.3 is 0 Å². The highest BCUT2D eigenvalue weighted by Gasteiger charge is 2.44. The highest BCUT2D eigenvalue weighted by atomic mass is 32.2. The number of fused-ring (bicyclic) bond motifs is 1. The van der Waals surface area contributed by atoms with Crippen LogP contribution in [0.3, 0.4) is 0 Å². The van der Waals surface area contributed by atoms with E-state index in [9.17, 15) is 18.0 Å². The highest BCUT2D eigenvalue weighted by Crippen LogP contribution is 2.29. The molecule has 90 valence electrons. The highest BCUT2D eigenvalue weighted by molar-refractivity contribution is 7.92. The molecule has 0 saturated heterocycles. The van der Waals surface area contributed by atoms with Crippen LogP contribution in [-0.4, -0.2) is 31.5 Å². The molecule has 0 heterocycles. The Bertz CT molecular complexity index is 601. The number of carbonyl (C=O) groups excluding carboxylic acids is 2. The molecule has 2 rings (SSSR count). The fourth-order valence-electron chi connectivity index (χ4n) is 2.24. The molecule has 0 N–H and O–H groups in total. The van der Waals surface area contributed by atoms with Gasteiger partial charge in [0.15, 0.2) is 21.4 Å². The number of carbonyl (C=O) groups is 2. The quantitative estimate of drug-likeness (QED) is 0.751. The summed E-state index contributed by atoms with van der Waals surface area (Å²) in [4.78, 5) is 24.1. The van der Waals surface area contributed by atoms with Gasteiger partial charge in [-0.15, -0.1) is 0 Å². The van der Waals surface area contributed by atoms with E-state index in [0.29, 0.717) is 5.56 Å². The smallest absolute Gasteiger partial charge is 0.182 e. The second-order valence-electron chi connectivity index (χ2n) is 4.31. The molecule has 0 bridgehead atoms. The van der Waals surface area contributed by atoms with E-state index in [1.807, 2.05) is 0 Å². The average molecular weight is 252 g/mol. The summed E-state index contributed by atoms with van der Waals surface area (Å²) in [7, 11) is -3.57. The minimum atomic E-state index is -3.57. The molecule has 0 radical (unpaired) electrons. The average Bonchev–Trinajstić information content (AvgIpc) is 2.24. The van der Waals surface area contributed by atoms with Crippen molar-refractivity contribution in [1.29, 1.82) is 0 Å². The first kappa shape index (κ1) is 12.0. The van der Waals surface area contributed by atoms with Gasteiger partial charge < -0.3 is 0 Å². The third-order valence-corrected chi connectivity index (χ3v) is 4.59. The minimum absolute atomic E-state index is 0.214. The topological polar surface area (TPSA) is 68.3 Å². The third kappa shape index (κ3) is 1.80. The number of Topliss-reactive ketones (excluding diaryl/α,β-unsaturated/α-hetero) is 2. The maximum atomic E-state index is 12.1. The van der Waals surface area contributed by atoms with Crippen molar-refractivity contribution in [3.05, 3.63) is 35.4 Å². The molecule has 1 aliphatic carbocycles. The molecule has 0 fully saturated rings. The number of hydrogen-bond donors (Lipinski definition) is 0. The number of ketones is 2. The first-order chi connectivity index (χ1) is 7.84. The van der Waals surface area contributed by atoms with Crippen molar-refractivity contribution in [3.63, 3.8) is 0 Å². The van der Waals surface area contributed by atoms with Gasteiger partial charge in [0.05, 0.1) is 0 Å². The summed E-state index contributed by atoms with van der Waals surface area (Å²) >= 11 is 0. The van der Waals surface area contributed by atoms with E-state index in [2.05, 4.69) is 0 Å². The lowest BCUT2D eigenvalue weighted by molar-refractivity contribution is 0.0839. The van der Waals surface area contributed by atoms with Crippen LogP contribution in [0.5, 0.6) is 0 Å². The molecule has 2 unspecified atom stereocenters. The van der Waals surface area contributed by atoms with Gasteiger partial charge in [0.25, 0.3) is 0 Å². The Labute approximate surface area is 99.6 Å². The SMILES string of the molecule is CC1C(=O)c2ccccc2C(=O)C1S(C)(=O)=O. The maximum absolute atomic E-state index is 12.1. The van der Waals surface area contributed by atoms with E-state index in [1.165, 1.54) is 13.0 Å². The van der Waals surface area contributed by atoms with Gasteiger partial charge in [-0.2, -0.15) is 0 Å². The van der Waals surface area contributed by atoms with Crippen LogP contribution in [0.25, 0.3) is 0 Å². The summed E-state index contributed by atoms with van der Waals surface area (Å²) in [6, 6.07) is 6.35. The van der Waals surface area contributed by atoms with Crippen LogP contribution in [0.4, 0.5) is 0 Å². The van der Waals surface area contributed by atoms with E-state index in [4.69, 9.17) is 0 Å². The second kappa shape index (κ2) is 3.77. The van der Waals surface area contributed by atoms with E-state index < -0.39 is 26.8 Å². The van der Waals surface area contributed by atoms with Crippen LogP contribution in [0.15, 0.2) is 24.3 Å². The van der Waals surface area contributed by atoms with Crippen LogP contribution in [0.1, 0.15) is 27.6 Å². The summed E-state index contributed by atoms with van der Waals surface area (Å²) in [6.07, 6.45) is 0.993. The Morgan fingerprint density at radius 3 is 1.94 bits per heavy atom. The molecule has 0 aliphatic heterocycles. The summed E-state index contributed by atoms with van der Waals surface area (Å²) < 4.78 is 23.2. The third-order valence-electron chi connectivity index (χ3n) is 3.05. The molecular weight excluding hydrogens is 240 g/mol. The zero-order valence-corrected chi connectivity index (χ0v) is 10.3. The van der Waals surface area contributed by atoms with Crippen LogP contribution in [0.2, 0.25) is 0 Å². The largest absolute Gasteiger partial charge is 0.294 e. The molecule has 17 heavy (non-hydrogen) atoms. The Kier molecular flexibility index (Phi) is 2.66. The van der Waals surface area contributed by atoms with E-state index in [-0.39, 0.29) is 11.3 Å². The summed E-state index contributed by atoms with van der Waals surface area (Å²) in [6.45, 7) is 1.49. The monoisotopic (exact) mass is 252 g/mol. The van der Waals surface area contributed by atoms with Gasteiger partial charge in [-0.3, -0.25) is 9.59 Å². The lowest BCUT2D eigenvalue weighted by Crippen LogP contribution is -2.44. The predicted octanol–water partition coefficient (Wildman–Crippen LogP) is 1.11.